The number of carbonyl (C=O) groups excluding carboxylic acids is 1. The van der Waals surface area contributed by atoms with Crippen LogP contribution in [0.25, 0.3) is 11.1 Å². The van der Waals surface area contributed by atoms with Crippen LogP contribution < -0.4 is 4.41 Å². The lowest BCUT2D eigenvalue weighted by Crippen LogP contribution is -2.33. The van der Waals surface area contributed by atoms with E-state index in [0.717, 1.165) is 7.64 Å². The fraction of sp³-hybridized carbons (Fsp3) is 0.0667. The SMILES string of the molecule is O=C(O)c1cccc(-c2ccc(O)c(N3N(I)C(=O)CS3(=O)=O)c2)c1. The van der Waals surface area contributed by atoms with Gasteiger partial charge < -0.3 is 10.2 Å². The van der Waals surface area contributed by atoms with Crippen molar-refractivity contribution in [1.29, 1.82) is 0 Å². The quantitative estimate of drug-likeness (QED) is 0.520. The van der Waals surface area contributed by atoms with Crippen molar-refractivity contribution in [2.24, 2.45) is 0 Å². The van der Waals surface area contributed by atoms with Gasteiger partial charge in [0.15, 0.2) is 5.75 Å². The lowest BCUT2D eigenvalue weighted by atomic mass is 10.0. The second-order valence-electron chi connectivity index (χ2n) is 5.24. The van der Waals surface area contributed by atoms with Gasteiger partial charge in [-0.25, -0.2) is 13.2 Å². The predicted molar refractivity (Wildman–Crippen MR) is 97.6 cm³/mol. The molecule has 2 aromatic rings. The number of aromatic carboxylic acids is 1. The maximum Gasteiger partial charge on any atom is 0.335 e. The summed E-state index contributed by atoms with van der Waals surface area (Å²) in [6.45, 7) is 0. The van der Waals surface area contributed by atoms with E-state index in [4.69, 9.17) is 5.11 Å². The number of phenolic OH excluding ortho intramolecular Hbond substituents is 1. The lowest BCUT2D eigenvalue weighted by molar-refractivity contribution is -0.121. The molecule has 0 radical (unpaired) electrons. The van der Waals surface area contributed by atoms with Crippen LogP contribution in [0.15, 0.2) is 42.5 Å². The lowest BCUT2D eigenvalue weighted by Gasteiger charge is -2.23. The van der Waals surface area contributed by atoms with Crippen LogP contribution in [0.3, 0.4) is 0 Å². The van der Waals surface area contributed by atoms with Crippen LogP contribution in [-0.4, -0.2) is 39.5 Å². The third kappa shape index (κ3) is 3.14. The number of amides is 1. The number of nitrogens with zero attached hydrogens (tertiary/aromatic N) is 2. The Balaban J connectivity index is 2.12. The first-order chi connectivity index (χ1) is 11.7. The van der Waals surface area contributed by atoms with Gasteiger partial charge in [0.2, 0.25) is 0 Å². The number of phenols is 1. The number of carboxylic acids is 1. The largest absolute Gasteiger partial charge is 0.506 e. The van der Waals surface area contributed by atoms with E-state index >= 15 is 0 Å². The minimum atomic E-state index is -3.93. The summed E-state index contributed by atoms with van der Waals surface area (Å²) in [6.07, 6.45) is 0. The number of carbonyl (C=O) groups is 2. The average molecular weight is 474 g/mol. The molecular weight excluding hydrogens is 463 g/mol. The van der Waals surface area contributed by atoms with Crippen molar-refractivity contribution in [2.75, 3.05) is 10.2 Å². The van der Waals surface area contributed by atoms with Gasteiger partial charge in [0, 0.05) is 0 Å². The van der Waals surface area contributed by atoms with Gasteiger partial charge in [-0.15, -0.1) is 0 Å². The number of hydrogen-bond donors (Lipinski definition) is 2. The number of hydrogen-bond acceptors (Lipinski definition) is 5. The Bertz CT molecular complexity index is 991. The van der Waals surface area contributed by atoms with E-state index in [0.29, 0.717) is 11.1 Å². The number of hydrazine groups is 1. The Morgan fingerprint density at radius 3 is 2.40 bits per heavy atom. The van der Waals surface area contributed by atoms with Crippen molar-refractivity contribution < 1.29 is 28.2 Å². The molecule has 1 amide bonds. The van der Waals surface area contributed by atoms with Crippen LogP contribution >= 0.6 is 22.9 Å². The van der Waals surface area contributed by atoms with E-state index in [1.165, 1.54) is 30.3 Å². The number of benzene rings is 2. The summed E-state index contributed by atoms with van der Waals surface area (Å²) in [4.78, 5) is 22.8. The molecule has 0 spiro atoms. The number of carboxylic acid groups (broad SMARTS) is 1. The molecule has 0 aromatic heterocycles. The van der Waals surface area contributed by atoms with Crippen molar-refractivity contribution in [3.63, 3.8) is 0 Å². The monoisotopic (exact) mass is 474 g/mol. The highest BCUT2D eigenvalue weighted by Gasteiger charge is 2.42. The summed E-state index contributed by atoms with van der Waals surface area (Å²) >= 11 is 1.55. The first-order valence-corrected chi connectivity index (χ1v) is 9.46. The fourth-order valence-electron chi connectivity index (χ4n) is 2.41. The van der Waals surface area contributed by atoms with Gasteiger partial charge in [-0.2, -0.15) is 7.64 Å². The molecule has 1 saturated heterocycles. The highest BCUT2D eigenvalue weighted by Crippen LogP contribution is 2.38. The summed E-state index contributed by atoms with van der Waals surface area (Å²) < 4.78 is 26.0. The molecule has 0 atom stereocenters. The first kappa shape index (κ1) is 17.5. The summed E-state index contributed by atoms with van der Waals surface area (Å²) in [7, 11) is -3.93. The second kappa shape index (κ2) is 6.19. The maximum absolute atomic E-state index is 12.2. The standard InChI is InChI=1S/C15H11IN2O6S/c16-17-14(20)8-25(23,24)18(17)12-7-10(4-5-13(12)19)9-2-1-3-11(6-9)15(21)22/h1-7,19H,8H2,(H,21,22). The maximum atomic E-state index is 12.2. The van der Waals surface area contributed by atoms with Gasteiger partial charge in [0.05, 0.1) is 28.4 Å². The Labute approximate surface area is 156 Å². The van der Waals surface area contributed by atoms with Crippen LogP contribution in [0.5, 0.6) is 5.75 Å². The topological polar surface area (TPSA) is 115 Å². The summed E-state index contributed by atoms with van der Waals surface area (Å²) in [5.74, 6) is -2.72. The Morgan fingerprint density at radius 2 is 1.80 bits per heavy atom. The molecule has 25 heavy (non-hydrogen) atoms. The number of anilines is 1. The van der Waals surface area contributed by atoms with E-state index in [-0.39, 0.29) is 17.0 Å². The normalized spacial score (nSPS) is 16.3. The minimum Gasteiger partial charge on any atom is -0.506 e. The van der Waals surface area contributed by atoms with E-state index < -0.39 is 27.7 Å². The van der Waals surface area contributed by atoms with Crippen LogP contribution in [0.2, 0.25) is 0 Å². The molecule has 2 aromatic carbocycles. The van der Waals surface area contributed by atoms with Gasteiger partial charge in [-0.1, -0.05) is 18.2 Å². The van der Waals surface area contributed by atoms with Crippen molar-refractivity contribution in [1.82, 2.24) is 3.22 Å². The predicted octanol–water partition coefficient (Wildman–Crippen LogP) is 2.00. The van der Waals surface area contributed by atoms with E-state index in [2.05, 4.69) is 0 Å². The summed E-state index contributed by atoms with van der Waals surface area (Å²) in [5, 5.41) is 19.2. The third-order valence-electron chi connectivity index (χ3n) is 3.56. The first-order valence-electron chi connectivity index (χ1n) is 6.89. The van der Waals surface area contributed by atoms with E-state index in [9.17, 15) is 23.1 Å². The molecule has 1 aliphatic heterocycles. The van der Waals surface area contributed by atoms with Crippen molar-refractivity contribution in [2.45, 2.75) is 0 Å². The highest BCUT2D eigenvalue weighted by molar-refractivity contribution is 14.1. The van der Waals surface area contributed by atoms with Crippen LogP contribution in [0.4, 0.5) is 5.69 Å². The summed E-state index contributed by atoms with van der Waals surface area (Å²) in [5.41, 5.74) is 1.02. The highest BCUT2D eigenvalue weighted by atomic mass is 127. The number of aromatic hydroxyl groups is 1. The molecule has 130 valence electrons. The van der Waals surface area contributed by atoms with Gasteiger partial charge in [-0.3, -0.25) is 4.79 Å². The zero-order valence-electron chi connectivity index (χ0n) is 12.5. The molecule has 0 bridgehead atoms. The van der Waals surface area contributed by atoms with Gasteiger partial charge in [-0.05, 0) is 35.4 Å². The minimum absolute atomic E-state index is 0.0756. The number of sulfonamides is 1. The third-order valence-corrected chi connectivity index (χ3v) is 6.32. The molecule has 0 aliphatic carbocycles. The molecule has 3 rings (SSSR count). The molecule has 8 nitrogen and oxygen atoms in total. The number of halogens is 1. The number of rotatable bonds is 3. The van der Waals surface area contributed by atoms with Crippen LogP contribution in [0.1, 0.15) is 10.4 Å². The Hall–Kier alpha value is -2.34. The molecule has 1 aliphatic rings. The van der Waals surface area contributed by atoms with Gasteiger partial charge in [0.25, 0.3) is 15.9 Å². The summed E-state index contributed by atoms with van der Waals surface area (Å²) in [6, 6.07) is 10.3. The van der Waals surface area contributed by atoms with E-state index in [1.54, 1.807) is 35.0 Å². The van der Waals surface area contributed by atoms with E-state index in [1.807, 2.05) is 0 Å². The second-order valence-corrected chi connectivity index (χ2v) is 7.95. The molecular formula is C15H11IN2O6S. The smallest absolute Gasteiger partial charge is 0.335 e. The molecule has 0 saturated carbocycles. The molecule has 10 heteroatoms. The zero-order valence-corrected chi connectivity index (χ0v) is 15.4. The Kier molecular flexibility index (Phi) is 4.33. The average Bonchev–Trinajstić information content (AvgIpc) is 2.76. The zero-order chi connectivity index (χ0) is 18.4. The Morgan fingerprint density at radius 1 is 1.12 bits per heavy atom. The van der Waals surface area contributed by atoms with Crippen molar-refractivity contribution in [3.05, 3.63) is 48.0 Å². The van der Waals surface area contributed by atoms with Gasteiger partial charge >= 0.3 is 5.97 Å². The molecule has 0 unspecified atom stereocenters. The molecule has 2 N–H and O–H groups in total. The van der Waals surface area contributed by atoms with Crippen LogP contribution in [-0.2, 0) is 14.8 Å². The molecule has 1 heterocycles. The molecule has 1 fully saturated rings. The fourth-order valence-corrected chi connectivity index (χ4v) is 5.17. The van der Waals surface area contributed by atoms with Crippen LogP contribution in [0, 0.1) is 0 Å². The van der Waals surface area contributed by atoms with Crippen molar-refractivity contribution in [3.8, 4) is 16.9 Å². The van der Waals surface area contributed by atoms with Gasteiger partial charge in [0.1, 0.15) is 11.4 Å². The van der Waals surface area contributed by atoms with Crippen molar-refractivity contribution >= 4 is 50.5 Å².